The monoisotopic (exact) mass is 132 g/mol. The minimum atomic E-state index is 1.36. The van der Waals surface area contributed by atoms with Gasteiger partial charge in [0.15, 0.2) is 0 Å². The number of halogens is 1. The molecule has 0 N–H and O–H groups in total. The average Bonchev–Trinajstić information content (AvgIpc) is 1.88. The van der Waals surface area contributed by atoms with Gasteiger partial charge in [-0.25, -0.2) is 11.5 Å². The lowest BCUT2D eigenvalue weighted by molar-refractivity contribution is 0.702. The van der Waals surface area contributed by atoms with Gasteiger partial charge in [0.1, 0.15) is 0 Å². The minimum Gasteiger partial charge on any atom is -0.214 e. The summed E-state index contributed by atoms with van der Waals surface area (Å²) in [6.45, 7) is 4.46. The molecule has 0 unspecified atom stereocenters. The molecular weight excluding hydrogens is 118 g/mol. The minimum absolute atomic E-state index is 1.36. The zero-order valence-electron chi connectivity index (χ0n) is 5.78. The van der Waals surface area contributed by atoms with Crippen LogP contribution in [0.5, 0.6) is 0 Å². The van der Waals surface area contributed by atoms with E-state index >= 15 is 0 Å². The van der Waals surface area contributed by atoms with Crippen molar-refractivity contribution in [1.82, 2.24) is 0 Å². The summed E-state index contributed by atoms with van der Waals surface area (Å²) in [4.78, 5) is 0. The zero-order chi connectivity index (χ0) is 6.83. The first-order valence-electron chi connectivity index (χ1n) is 3.13. The second kappa shape index (κ2) is 15.7. The Bertz CT molecular complexity index is 20.5. The Morgan fingerprint density at radius 3 is 1.38 bits per heavy atom. The summed E-state index contributed by atoms with van der Waals surface area (Å²) in [6.07, 6.45) is 5.54. The van der Waals surface area contributed by atoms with Crippen LogP contribution in [0.25, 0.3) is 0 Å². The van der Waals surface area contributed by atoms with E-state index in [-0.39, 0.29) is 0 Å². The van der Waals surface area contributed by atoms with E-state index in [1.807, 2.05) is 0 Å². The van der Waals surface area contributed by atoms with E-state index in [0.717, 1.165) is 0 Å². The Kier molecular flexibility index (Phi) is 21.9. The average molecular weight is 132 g/mol. The maximum Gasteiger partial charge on any atom is 0.214 e. The van der Waals surface area contributed by atoms with Crippen molar-refractivity contribution in [3.05, 3.63) is 0 Å². The van der Waals surface area contributed by atoms with Crippen LogP contribution >= 0.6 is 11.5 Å². The first-order valence-corrected chi connectivity index (χ1v) is 3.57. The lowest BCUT2D eigenvalue weighted by Gasteiger charge is -1.86. The molecule has 0 aliphatic heterocycles. The van der Waals surface area contributed by atoms with Gasteiger partial charge in [-0.1, -0.05) is 39.5 Å². The number of rotatable bonds is 3. The molecule has 8 heavy (non-hydrogen) atoms. The fourth-order valence-electron chi connectivity index (χ4n) is 0.500. The molecule has 0 aromatic carbocycles. The maximum absolute atomic E-state index is 4.14. The van der Waals surface area contributed by atoms with Crippen molar-refractivity contribution in [3.8, 4) is 0 Å². The van der Waals surface area contributed by atoms with Gasteiger partial charge in [-0.3, -0.25) is 0 Å². The molecule has 0 aliphatic carbocycles. The van der Waals surface area contributed by atoms with Crippen molar-refractivity contribution >= 4 is 18.7 Å². The largest absolute Gasteiger partial charge is 0.214 e. The smallest absolute Gasteiger partial charge is 0.214 e. The highest BCUT2D eigenvalue weighted by Gasteiger charge is 1.75. The van der Waals surface area contributed by atoms with E-state index in [2.05, 4.69) is 32.6 Å². The van der Waals surface area contributed by atoms with Gasteiger partial charge in [0.2, 0.25) is 7.26 Å². The third-order valence-electron chi connectivity index (χ3n) is 0.957. The van der Waals surface area contributed by atoms with Crippen LogP contribution in [0.15, 0.2) is 0 Å². The summed E-state index contributed by atoms with van der Waals surface area (Å²) < 4.78 is 0. The van der Waals surface area contributed by atoms with Crippen LogP contribution in [0.4, 0.5) is 0 Å². The Balaban J connectivity index is 0. The number of unbranched alkanes of at least 4 members (excludes halogenated alkanes) is 3. The lowest BCUT2D eigenvalue weighted by Crippen LogP contribution is -1.66. The SMILES string of the molecule is CCCCCC.[B]Cl. The number of hydrogen-bond acceptors (Lipinski definition) is 0. The molecule has 0 spiro atoms. The molecule has 0 rings (SSSR count). The molecule has 48 valence electrons. The van der Waals surface area contributed by atoms with Crippen molar-refractivity contribution in [2.75, 3.05) is 0 Å². The summed E-state index contributed by atoms with van der Waals surface area (Å²) in [5.41, 5.74) is 0. The van der Waals surface area contributed by atoms with Crippen LogP contribution < -0.4 is 0 Å². The molecular formula is C6H14BCl. The van der Waals surface area contributed by atoms with Crippen molar-refractivity contribution in [2.24, 2.45) is 0 Å². The van der Waals surface area contributed by atoms with Gasteiger partial charge in [0, 0.05) is 0 Å². The maximum atomic E-state index is 4.14. The van der Waals surface area contributed by atoms with E-state index in [9.17, 15) is 0 Å². The molecule has 0 bridgehead atoms. The first-order chi connectivity index (χ1) is 3.91. The highest BCUT2D eigenvalue weighted by molar-refractivity contribution is 6.80. The van der Waals surface area contributed by atoms with Gasteiger partial charge in [0.25, 0.3) is 0 Å². The van der Waals surface area contributed by atoms with Crippen molar-refractivity contribution in [2.45, 2.75) is 39.5 Å². The molecule has 0 aromatic rings. The third kappa shape index (κ3) is 16.2. The van der Waals surface area contributed by atoms with Gasteiger partial charge in [-0.2, -0.15) is 0 Å². The summed E-state index contributed by atoms with van der Waals surface area (Å²) >= 11 is 4.14. The van der Waals surface area contributed by atoms with E-state index in [1.165, 1.54) is 25.7 Å². The van der Waals surface area contributed by atoms with Crippen LogP contribution in [0, 0.1) is 0 Å². The van der Waals surface area contributed by atoms with Gasteiger partial charge in [-0.05, 0) is 0 Å². The lowest BCUT2D eigenvalue weighted by atomic mass is 10.2. The van der Waals surface area contributed by atoms with E-state index in [1.54, 1.807) is 0 Å². The van der Waals surface area contributed by atoms with E-state index < -0.39 is 0 Å². The molecule has 0 fully saturated rings. The van der Waals surface area contributed by atoms with Crippen LogP contribution in [0.3, 0.4) is 0 Å². The molecule has 0 heterocycles. The predicted octanol–water partition coefficient (Wildman–Crippen LogP) is 2.90. The van der Waals surface area contributed by atoms with Gasteiger partial charge in [-0.15, -0.1) is 0 Å². The van der Waals surface area contributed by atoms with Gasteiger partial charge < -0.3 is 0 Å². The molecule has 0 saturated heterocycles. The Labute approximate surface area is 58.9 Å². The first kappa shape index (κ1) is 11.2. The van der Waals surface area contributed by atoms with Crippen LogP contribution in [0.1, 0.15) is 39.5 Å². The second-order valence-electron chi connectivity index (χ2n) is 1.71. The molecule has 0 aliphatic rings. The van der Waals surface area contributed by atoms with Gasteiger partial charge in [0.05, 0.1) is 0 Å². The molecule has 0 nitrogen and oxygen atoms in total. The summed E-state index contributed by atoms with van der Waals surface area (Å²) in [7, 11) is 3.97. The molecule has 0 aromatic heterocycles. The topological polar surface area (TPSA) is 0 Å². The molecule has 2 heteroatoms. The van der Waals surface area contributed by atoms with Crippen molar-refractivity contribution in [1.29, 1.82) is 0 Å². The fraction of sp³-hybridized carbons (Fsp3) is 1.00. The molecule has 0 saturated carbocycles. The quantitative estimate of drug-likeness (QED) is 0.409. The van der Waals surface area contributed by atoms with Crippen LogP contribution in [0.2, 0.25) is 0 Å². The Morgan fingerprint density at radius 1 is 1.00 bits per heavy atom. The number of hydrogen-bond donors (Lipinski definition) is 0. The summed E-state index contributed by atoms with van der Waals surface area (Å²) in [5, 5.41) is 0. The highest BCUT2D eigenvalue weighted by Crippen LogP contribution is 1.95. The molecule has 2 radical (unpaired) electrons. The summed E-state index contributed by atoms with van der Waals surface area (Å²) in [5.74, 6) is 0. The fourth-order valence-corrected chi connectivity index (χ4v) is 0.500. The van der Waals surface area contributed by atoms with Crippen molar-refractivity contribution < 1.29 is 0 Å². The highest BCUT2D eigenvalue weighted by atomic mass is 35.5. The van der Waals surface area contributed by atoms with Crippen LogP contribution in [-0.4, -0.2) is 7.26 Å². The van der Waals surface area contributed by atoms with Gasteiger partial charge >= 0.3 is 0 Å². The van der Waals surface area contributed by atoms with Crippen molar-refractivity contribution in [3.63, 3.8) is 0 Å². The Hall–Kier alpha value is 0.355. The predicted molar refractivity (Wildman–Crippen MR) is 41.4 cm³/mol. The second-order valence-corrected chi connectivity index (χ2v) is 1.71. The van der Waals surface area contributed by atoms with E-state index in [0.29, 0.717) is 0 Å². The Morgan fingerprint density at radius 2 is 1.25 bits per heavy atom. The zero-order valence-corrected chi connectivity index (χ0v) is 6.54. The molecule has 0 atom stereocenters. The summed E-state index contributed by atoms with van der Waals surface area (Å²) in [6, 6.07) is 0. The standard InChI is InChI=1S/C6H14.BCl/c1-3-5-6-4-2;1-2/h3-6H2,1-2H3;. The third-order valence-corrected chi connectivity index (χ3v) is 0.957. The van der Waals surface area contributed by atoms with E-state index in [4.69, 9.17) is 0 Å². The molecule has 0 amide bonds. The van der Waals surface area contributed by atoms with Crippen LogP contribution in [-0.2, 0) is 0 Å². The normalized spacial score (nSPS) is 7.38.